The van der Waals surface area contributed by atoms with E-state index in [1.165, 1.54) is 0 Å². The van der Waals surface area contributed by atoms with Crippen LogP contribution >= 0.6 is 29.0 Å². The molecule has 104 valence electrons. The lowest BCUT2D eigenvalue weighted by atomic mass is 10.2. The molecule has 0 saturated carbocycles. The summed E-state index contributed by atoms with van der Waals surface area (Å²) in [4.78, 5) is 36.4. The van der Waals surface area contributed by atoms with Crippen molar-refractivity contribution in [2.24, 2.45) is 0 Å². The number of hydrogen-bond donors (Lipinski definition) is 2. The highest BCUT2D eigenvalue weighted by atomic mass is 127. The Labute approximate surface area is 114 Å². The van der Waals surface area contributed by atoms with Gasteiger partial charge in [0.15, 0.2) is 30.5 Å². The second-order valence-electron chi connectivity index (χ2n) is 2.95. The van der Waals surface area contributed by atoms with E-state index in [9.17, 15) is 27.9 Å². The first kappa shape index (κ1) is 15.6. The van der Waals surface area contributed by atoms with E-state index in [-0.39, 0.29) is 0 Å². The molecular weight excluding hydrogens is 402 g/mol. The molecular formula is C6H4IN2O9P. The topological polar surface area (TPSA) is 170 Å². The summed E-state index contributed by atoms with van der Waals surface area (Å²) in [5, 5.41) is 21.2. The zero-order valence-electron chi connectivity index (χ0n) is 8.63. The van der Waals surface area contributed by atoms with E-state index in [2.05, 4.69) is 4.52 Å². The van der Waals surface area contributed by atoms with Gasteiger partial charge in [0.1, 0.15) is 0 Å². The fourth-order valence-corrected chi connectivity index (χ4v) is 2.71. The SMILES string of the molecule is O=Ic1c(OP(=O)(O)O)cc([N+](=O)[O-])cc1[N+](=O)[O-]. The van der Waals surface area contributed by atoms with E-state index in [0.717, 1.165) is 0 Å². The second-order valence-corrected chi connectivity index (χ2v) is 5.63. The summed E-state index contributed by atoms with van der Waals surface area (Å²) < 4.78 is 25.1. The lowest BCUT2D eigenvalue weighted by molar-refractivity contribution is -0.394. The van der Waals surface area contributed by atoms with Crippen molar-refractivity contribution in [3.05, 3.63) is 35.9 Å². The Bertz CT molecular complexity index is 611. The number of nitro benzene ring substituents is 2. The van der Waals surface area contributed by atoms with Crippen molar-refractivity contribution >= 4 is 40.4 Å². The molecule has 13 heteroatoms. The molecule has 0 atom stereocenters. The lowest BCUT2D eigenvalue weighted by Gasteiger charge is -2.08. The second kappa shape index (κ2) is 5.64. The van der Waals surface area contributed by atoms with Gasteiger partial charge in [0.25, 0.3) is 11.4 Å². The van der Waals surface area contributed by atoms with Crippen LogP contribution < -0.4 is 4.52 Å². The van der Waals surface area contributed by atoms with Crippen LogP contribution in [-0.4, -0.2) is 19.6 Å². The highest BCUT2D eigenvalue weighted by Gasteiger charge is 2.29. The number of nitro groups is 2. The molecule has 0 fully saturated rings. The molecule has 0 bridgehead atoms. The number of hydrogen-bond acceptors (Lipinski definition) is 7. The van der Waals surface area contributed by atoms with Gasteiger partial charge in [-0.05, 0) is 0 Å². The van der Waals surface area contributed by atoms with E-state index < -0.39 is 59.6 Å². The molecule has 0 amide bonds. The molecule has 0 spiro atoms. The van der Waals surface area contributed by atoms with Gasteiger partial charge in [0, 0.05) is 0 Å². The van der Waals surface area contributed by atoms with Crippen molar-refractivity contribution in [3.8, 4) is 5.75 Å². The molecule has 0 radical (unpaired) electrons. The van der Waals surface area contributed by atoms with Crippen molar-refractivity contribution in [1.82, 2.24) is 0 Å². The Kier molecular flexibility index (Phi) is 4.62. The van der Waals surface area contributed by atoms with Gasteiger partial charge in [-0.25, -0.2) is 4.57 Å². The average molecular weight is 406 g/mol. The number of nitrogens with zero attached hydrogens (tertiary/aromatic N) is 2. The molecule has 19 heavy (non-hydrogen) atoms. The smallest absolute Gasteiger partial charge is 0.402 e. The Morgan fingerprint density at radius 2 is 1.79 bits per heavy atom. The minimum Gasteiger partial charge on any atom is -0.402 e. The van der Waals surface area contributed by atoms with Crippen LogP contribution in [0.2, 0.25) is 0 Å². The number of halogens is 1. The minimum atomic E-state index is -5.09. The maximum Gasteiger partial charge on any atom is 0.524 e. The van der Waals surface area contributed by atoms with Crippen LogP contribution in [0.5, 0.6) is 5.75 Å². The number of rotatable bonds is 5. The van der Waals surface area contributed by atoms with Crippen molar-refractivity contribution in [2.75, 3.05) is 0 Å². The third kappa shape index (κ3) is 3.99. The molecule has 0 unspecified atom stereocenters. The lowest BCUT2D eigenvalue weighted by Crippen LogP contribution is -2.00. The fourth-order valence-electron chi connectivity index (χ4n) is 1.08. The third-order valence-electron chi connectivity index (χ3n) is 1.71. The number of non-ortho nitro benzene ring substituents is 1. The first-order valence-corrected chi connectivity index (χ1v) is 7.63. The van der Waals surface area contributed by atoms with Gasteiger partial charge in [0.05, 0.1) is 22.0 Å². The van der Waals surface area contributed by atoms with Gasteiger partial charge in [-0.3, -0.25) is 33.1 Å². The summed E-state index contributed by atoms with van der Waals surface area (Å²) in [6, 6.07) is 1.11. The first-order chi connectivity index (χ1) is 8.65. The predicted octanol–water partition coefficient (Wildman–Crippen LogP) is 1.46. The van der Waals surface area contributed by atoms with E-state index in [1.807, 2.05) is 0 Å². The Morgan fingerprint density at radius 3 is 2.16 bits per heavy atom. The highest BCUT2D eigenvalue weighted by molar-refractivity contribution is 14.1. The number of phosphoric acid groups is 1. The molecule has 1 rings (SSSR count). The van der Waals surface area contributed by atoms with E-state index in [0.29, 0.717) is 12.1 Å². The van der Waals surface area contributed by atoms with Crippen molar-refractivity contribution in [2.45, 2.75) is 0 Å². The fraction of sp³-hybridized carbons (Fsp3) is 0. The van der Waals surface area contributed by atoms with Gasteiger partial charge in [-0.15, -0.1) is 0 Å². The van der Waals surface area contributed by atoms with Crippen molar-refractivity contribution in [1.29, 1.82) is 0 Å². The average Bonchev–Trinajstić information content (AvgIpc) is 2.25. The molecule has 0 aliphatic rings. The molecule has 0 saturated heterocycles. The summed E-state index contributed by atoms with van der Waals surface area (Å²) in [5.74, 6) is -0.836. The van der Waals surface area contributed by atoms with Crippen molar-refractivity contribution < 1.29 is 31.8 Å². The van der Waals surface area contributed by atoms with Crippen LogP contribution in [-0.2, 0) is 7.63 Å². The van der Waals surface area contributed by atoms with Gasteiger partial charge in [0.2, 0.25) is 0 Å². The standard InChI is InChI=1S/C6H4IN2O9P/c10-7-6-4(9(13)14)1-3(8(11)12)2-5(6)18-19(15,16)17/h1-2H,(H2,15,16,17). The highest BCUT2D eigenvalue weighted by Crippen LogP contribution is 2.44. The van der Waals surface area contributed by atoms with E-state index in [1.54, 1.807) is 0 Å². The molecule has 1 aromatic rings. The number of benzene rings is 1. The Hall–Kier alpha value is -1.50. The molecule has 11 nitrogen and oxygen atoms in total. The molecule has 0 aliphatic carbocycles. The van der Waals surface area contributed by atoms with Crippen LogP contribution in [0.15, 0.2) is 12.1 Å². The molecule has 0 aromatic heterocycles. The van der Waals surface area contributed by atoms with Crippen molar-refractivity contribution in [3.63, 3.8) is 0 Å². The summed E-state index contributed by atoms with van der Waals surface area (Å²) in [6.45, 7) is 0. The monoisotopic (exact) mass is 406 g/mol. The van der Waals surface area contributed by atoms with Crippen LogP contribution in [0.4, 0.5) is 11.4 Å². The summed E-state index contributed by atoms with van der Waals surface area (Å²) in [7, 11) is -5.09. The van der Waals surface area contributed by atoms with Gasteiger partial charge in [-0.1, -0.05) is 0 Å². The third-order valence-corrected chi connectivity index (χ3v) is 3.67. The molecule has 1 aromatic carbocycles. The summed E-state index contributed by atoms with van der Waals surface area (Å²) in [5.41, 5.74) is -1.70. The van der Waals surface area contributed by atoms with Gasteiger partial charge in [-0.2, -0.15) is 0 Å². The summed E-state index contributed by atoms with van der Waals surface area (Å²) in [6.07, 6.45) is 0. The van der Waals surface area contributed by atoms with Gasteiger partial charge < -0.3 is 4.52 Å². The van der Waals surface area contributed by atoms with Crippen LogP contribution in [0, 0.1) is 23.8 Å². The maximum absolute atomic E-state index is 10.9. The zero-order chi connectivity index (χ0) is 14.8. The molecule has 0 aliphatic heterocycles. The van der Waals surface area contributed by atoms with Gasteiger partial charge >= 0.3 is 7.82 Å². The Morgan fingerprint density at radius 1 is 1.21 bits per heavy atom. The summed E-state index contributed by atoms with van der Waals surface area (Å²) >= 11 is -2.24. The van der Waals surface area contributed by atoms with Crippen LogP contribution in [0.1, 0.15) is 0 Å². The van der Waals surface area contributed by atoms with E-state index in [4.69, 9.17) is 9.79 Å². The van der Waals surface area contributed by atoms with Crippen LogP contribution in [0.3, 0.4) is 0 Å². The predicted molar refractivity (Wildman–Crippen MR) is 65.8 cm³/mol. The molecule has 0 heterocycles. The largest absolute Gasteiger partial charge is 0.524 e. The maximum atomic E-state index is 10.9. The Balaban J connectivity index is 3.58. The van der Waals surface area contributed by atoms with Crippen LogP contribution in [0.25, 0.3) is 0 Å². The zero-order valence-corrected chi connectivity index (χ0v) is 11.7. The first-order valence-electron chi connectivity index (χ1n) is 4.14. The quantitative estimate of drug-likeness (QED) is 0.318. The number of phosphoric ester groups is 1. The van der Waals surface area contributed by atoms with E-state index >= 15 is 0 Å². The minimum absolute atomic E-state index is 0.541. The normalized spacial score (nSPS) is 11.1. The molecule has 2 N–H and O–H groups in total.